The van der Waals surface area contributed by atoms with E-state index in [1.165, 1.54) is 13.4 Å². The molecule has 0 amide bonds. The largest absolute Gasteiger partial charge is 0.465 e. The standard InChI is InChI=1S/C11H10ClN3O2/c1-17-11(16)8-4-2-3-5-9(8)15-7-13-14-10(15)6-12/h2-5,7H,6H2,1H3. The first kappa shape index (κ1) is 11.6. The second kappa shape index (κ2) is 4.97. The van der Waals surface area contributed by atoms with Gasteiger partial charge in [0.25, 0.3) is 0 Å². The molecule has 0 aliphatic carbocycles. The summed E-state index contributed by atoms with van der Waals surface area (Å²) in [7, 11) is 1.34. The van der Waals surface area contributed by atoms with Crippen LogP contribution in [0.3, 0.4) is 0 Å². The van der Waals surface area contributed by atoms with Crippen molar-refractivity contribution in [2.75, 3.05) is 7.11 Å². The number of aromatic nitrogens is 3. The Labute approximate surface area is 103 Å². The van der Waals surface area contributed by atoms with E-state index in [0.717, 1.165) is 0 Å². The molecule has 0 saturated heterocycles. The molecule has 0 spiro atoms. The molecule has 1 heterocycles. The van der Waals surface area contributed by atoms with Gasteiger partial charge in [-0.1, -0.05) is 12.1 Å². The molecule has 2 rings (SSSR count). The second-order valence-electron chi connectivity index (χ2n) is 3.26. The highest BCUT2D eigenvalue weighted by atomic mass is 35.5. The summed E-state index contributed by atoms with van der Waals surface area (Å²) < 4.78 is 6.39. The van der Waals surface area contributed by atoms with Gasteiger partial charge in [-0.2, -0.15) is 0 Å². The van der Waals surface area contributed by atoms with Crippen molar-refractivity contribution in [1.82, 2.24) is 14.8 Å². The molecule has 88 valence electrons. The molecule has 1 aromatic carbocycles. The summed E-state index contributed by atoms with van der Waals surface area (Å²) in [6.45, 7) is 0. The van der Waals surface area contributed by atoms with E-state index >= 15 is 0 Å². The topological polar surface area (TPSA) is 57.0 Å². The summed E-state index contributed by atoms with van der Waals surface area (Å²) in [5, 5.41) is 7.64. The second-order valence-corrected chi connectivity index (χ2v) is 3.53. The number of esters is 1. The number of para-hydroxylation sites is 1. The van der Waals surface area contributed by atoms with Gasteiger partial charge in [-0.15, -0.1) is 21.8 Å². The molecule has 6 heteroatoms. The van der Waals surface area contributed by atoms with E-state index in [9.17, 15) is 4.79 Å². The lowest BCUT2D eigenvalue weighted by molar-refractivity contribution is 0.0601. The van der Waals surface area contributed by atoms with E-state index < -0.39 is 5.97 Å². The average Bonchev–Trinajstić information content (AvgIpc) is 2.86. The average molecular weight is 252 g/mol. The Morgan fingerprint density at radius 3 is 2.94 bits per heavy atom. The van der Waals surface area contributed by atoms with E-state index in [0.29, 0.717) is 17.1 Å². The number of alkyl halides is 1. The van der Waals surface area contributed by atoms with Crippen LogP contribution >= 0.6 is 11.6 Å². The fourth-order valence-electron chi connectivity index (χ4n) is 1.52. The predicted octanol–water partition coefficient (Wildman–Crippen LogP) is 1.79. The van der Waals surface area contributed by atoms with Crippen molar-refractivity contribution in [1.29, 1.82) is 0 Å². The molecule has 0 bridgehead atoms. The maximum Gasteiger partial charge on any atom is 0.339 e. The Kier molecular flexibility index (Phi) is 3.39. The Morgan fingerprint density at radius 2 is 2.24 bits per heavy atom. The summed E-state index contributed by atoms with van der Waals surface area (Å²) in [4.78, 5) is 11.6. The van der Waals surface area contributed by atoms with E-state index in [2.05, 4.69) is 10.2 Å². The van der Waals surface area contributed by atoms with Crippen molar-refractivity contribution in [2.24, 2.45) is 0 Å². The fraction of sp³-hybridized carbons (Fsp3) is 0.182. The summed E-state index contributed by atoms with van der Waals surface area (Å²) in [5.41, 5.74) is 1.10. The third kappa shape index (κ3) is 2.14. The van der Waals surface area contributed by atoms with Crippen molar-refractivity contribution in [3.8, 4) is 5.69 Å². The van der Waals surface area contributed by atoms with Crippen molar-refractivity contribution >= 4 is 17.6 Å². The number of ether oxygens (including phenoxy) is 1. The quantitative estimate of drug-likeness (QED) is 0.617. The molecule has 0 unspecified atom stereocenters. The van der Waals surface area contributed by atoms with Crippen LogP contribution < -0.4 is 0 Å². The lowest BCUT2D eigenvalue weighted by Crippen LogP contribution is -2.08. The number of hydrogen-bond donors (Lipinski definition) is 0. The molecule has 0 atom stereocenters. The Morgan fingerprint density at radius 1 is 1.47 bits per heavy atom. The molecule has 0 aliphatic heterocycles. The minimum Gasteiger partial charge on any atom is -0.465 e. The van der Waals surface area contributed by atoms with E-state index in [4.69, 9.17) is 16.3 Å². The fourth-order valence-corrected chi connectivity index (χ4v) is 1.70. The first-order chi connectivity index (χ1) is 8.27. The maximum atomic E-state index is 11.6. The van der Waals surface area contributed by atoms with Crippen LogP contribution in [0.4, 0.5) is 0 Å². The van der Waals surface area contributed by atoms with E-state index in [-0.39, 0.29) is 5.88 Å². The van der Waals surface area contributed by atoms with Gasteiger partial charge in [0.2, 0.25) is 0 Å². The van der Waals surface area contributed by atoms with Crippen LogP contribution in [0.5, 0.6) is 0 Å². The van der Waals surface area contributed by atoms with Crippen LogP contribution in [0.15, 0.2) is 30.6 Å². The van der Waals surface area contributed by atoms with Crippen LogP contribution in [0.25, 0.3) is 5.69 Å². The van der Waals surface area contributed by atoms with Crippen molar-refractivity contribution < 1.29 is 9.53 Å². The zero-order chi connectivity index (χ0) is 12.3. The molecule has 0 saturated carbocycles. The van der Waals surface area contributed by atoms with Gasteiger partial charge in [-0.05, 0) is 12.1 Å². The first-order valence-electron chi connectivity index (χ1n) is 4.90. The highest BCUT2D eigenvalue weighted by Gasteiger charge is 2.14. The van der Waals surface area contributed by atoms with Crippen LogP contribution in [0.2, 0.25) is 0 Å². The zero-order valence-corrected chi connectivity index (χ0v) is 9.89. The van der Waals surface area contributed by atoms with E-state index in [1.54, 1.807) is 22.8 Å². The van der Waals surface area contributed by atoms with Gasteiger partial charge in [-0.25, -0.2) is 4.79 Å². The molecule has 17 heavy (non-hydrogen) atoms. The van der Waals surface area contributed by atoms with Crippen molar-refractivity contribution in [3.05, 3.63) is 42.0 Å². The number of benzene rings is 1. The van der Waals surface area contributed by atoms with Gasteiger partial charge in [0.15, 0.2) is 5.82 Å². The number of hydrogen-bond acceptors (Lipinski definition) is 4. The minimum atomic E-state index is -0.408. The lowest BCUT2D eigenvalue weighted by Gasteiger charge is -2.09. The van der Waals surface area contributed by atoms with Crippen LogP contribution in [-0.2, 0) is 10.6 Å². The Hall–Kier alpha value is -1.88. The summed E-state index contributed by atoms with van der Waals surface area (Å²) >= 11 is 5.75. The maximum absolute atomic E-state index is 11.6. The smallest absolute Gasteiger partial charge is 0.339 e. The summed E-state index contributed by atoms with van der Waals surface area (Å²) in [6, 6.07) is 7.05. The predicted molar refractivity (Wildman–Crippen MR) is 62.3 cm³/mol. The summed E-state index contributed by atoms with van der Waals surface area (Å²) in [5.74, 6) is 0.382. The van der Waals surface area contributed by atoms with E-state index in [1.807, 2.05) is 6.07 Å². The van der Waals surface area contributed by atoms with Gasteiger partial charge >= 0.3 is 5.97 Å². The highest BCUT2D eigenvalue weighted by molar-refractivity contribution is 6.16. The molecule has 0 aliphatic rings. The number of carbonyl (C=O) groups excluding carboxylic acids is 1. The molecule has 5 nitrogen and oxygen atoms in total. The molecule has 1 aromatic heterocycles. The molecular formula is C11H10ClN3O2. The van der Waals surface area contributed by atoms with Crippen molar-refractivity contribution in [3.63, 3.8) is 0 Å². The highest BCUT2D eigenvalue weighted by Crippen LogP contribution is 2.17. The third-order valence-corrected chi connectivity index (χ3v) is 2.55. The van der Waals surface area contributed by atoms with Gasteiger partial charge in [0.05, 0.1) is 24.2 Å². The van der Waals surface area contributed by atoms with Crippen LogP contribution in [-0.4, -0.2) is 27.8 Å². The van der Waals surface area contributed by atoms with Gasteiger partial charge in [0, 0.05) is 0 Å². The number of rotatable bonds is 3. The number of methoxy groups -OCH3 is 1. The Balaban J connectivity index is 2.56. The summed E-state index contributed by atoms with van der Waals surface area (Å²) in [6.07, 6.45) is 1.51. The molecule has 0 N–H and O–H groups in total. The van der Waals surface area contributed by atoms with Crippen LogP contribution in [0.1, 0.15) is 16.2 Å². The number of carbonyl (C=O) groups is 1. The molecule has 0 fully saturated rings. The molecular weight excluding hydrogens is 242 g/mol. The number of nitrogens with zero attached hydrogens (tertiary/aromatic N) is 3. The van der Waals surface area contributed by atoms with Gasteiger partial charge in [0.1, 0.15) is 6.33 Å². The first-order valence-corrected chi connectivity index (χ1v) is 5.44. The van der Waals surface area contributed by atoms with Crippen LogP contribution in [0, 0.1) is 0 Å². The SMILES string of the molecule is COC(=O)c1ccccc1-n1cnnc1CCl. The normalized spacial score (nSPS) is 10.2. The third-order valence-electron chi connectivity index (χ3n) is 2.31. The number of halogens is 1. The minimum absolute atomic E-state index is 0.218. The molecule has 0 radical (unpaired) electrons. The monoisotopic (exact) mass is 251 g/mol. The molecule has 2 aromatic rings. The van der Waals surface area contributed by atoms with Crippen molar-refractivity contribution in [2.45, 2.75) is 5.88 Å². The Bertz CT molecular complexity index is 539. The zero-order valence-electron chi connectivity index (χ0n) is 9.13. The van der Waals surface area contributed by atoms with Gasteiger partial charge in [-0.3, -0.25) is 4.57 Å². The lowest BCUT2D eigenvalue weighted by atomic mass is 10.2. The van der Waals surface area contributed by atoms with Gasteiger partial charge < -0.3 is 4.74 Å².